The maximum Gasteiger partial charge on any atom is 0.0412 e. The lowest BCUT2D eigenvalue weighted by Crippen LogP contribution is -2.39. The predicted octanol–water partition coefficient (Wildman–Crippen LogP) is 3.77. The van der Waals surface area contributed by atoms with Crippen molar-refractivity contribution in [3.05, 3.63) is 22.4 Å². The van der Waals surface area contributed by atoms with Crippen LogP contribution in [-0.2, 0) is 0 Å². The monoisotopic (exact) mass is 268 g/mol. The van der Waals surface area contributed by atoms with Gasteiger partial charge in [-0.2, -0.15) is 0 Å². The largest absolute Gasteiger partial charge is 0.308 e. The van der Waals surface area contributed by atoms with Gasteiger partial charge < -0.3 is 10.2 Å². The summed E-state index contributed by atoms with van der Waals surface area (Å²) in [5, 5.41) is 5.89. The third kappa shape index (κ3) is 5.09. The molecule has 3 heteroatoms. The number of hydrogen-bond donors (Lipinski definition) is 1. The quantitative estimate of drug-likeness (QED) is 0.772. The molecule has 1 N–H and O–H groups in total. The van der Waals surface area contributed by atoms with Gasteiger partial charge in [-0.25, -0.2) is 0 Å². The van der Waals surface area contributed by atoms with Gasteiger partial charge in [-0.3, -0.25) is 0 Å². The zero-order valence-corrected chi connectivity index (χ0v) is 13.3. The first-order valence-corrected chi connectivity index (χ1v) is 7.85. The van der Waals surface area contributed by atoms with Crippen molar-refractivity contribution < 1.29 is 0 Å². The Morgan fingerprint density at radius 2 is 2.06 bits per heavy atom. The Hall–Kier alpha value is -0.380. The topological polar surface area (TPSA) is 15.3 Å². The molecule has 2 nitrogen and oxygen atoms in total. The summed E-state index contributed by atoms with van der Waals surface area (Å²) in [5.41, 5.74) is 0. The van der Waals surface area contributed by atoms with Crippen molar-refractivity contribution in [2.75, 3.05) is 20.6 Å². The number of rotatable bonds is 8. The molecule has 0 aliphatic heterocycles. The number of nitrogens with zero attached hydrogens (tertiary/aromatic N) is 1. The Labute approximate surface area is 116 Å². The fourth-order valence-electron chi connectivity index (χ4n) is 2.23. The molecule has 0 aromatic carbocycles. The van der Waals surface area contributed by atoms with Crippen LogP contribution in [0.5, 0.6) is 0 Å². The van der Waals surface area contributed by atoms with E-state index in [0.717, 1.165) is 18.9 Å². The Morgan fingerprint density at radius 3 is 2.50 bits per heavy atom. The van der Waals surface area contributed by atoms with Crippen LogP contribution >= 0.6 is 11.3 Å². The standard InChI is InChI=1S/C15H28N2S/c1-6-14(15-8-7-9-18-15)16-11-13(17(4)5)10-12(2)3/h7-9,12-14,16H,6,10-11H2,1-5H3. The smallest absolute Gasteiger partial charge is 0.0412 e. The molecule has 0 saturated heterocycles. The molecule has 2 atom stereocenters. The third-order valence-corrected chi connectivity index (χ3v) is 4.35. The van der Waals surface area contributed by atoms with E-state index >= 15 is 0 Å². The molecule has 0 fully saturated rings. The van der Waals surface area contributed by atoms with Crippen LogP contribution in [0.2, 0.25) is 0 Å². The highest BCUT2D eigenvalue weighted by Crippen LogP contribution is 2.22. The molecule has 0 aliphatic carbocycles. The normalized spacial score (nSPS) is 15.3. The zero-order chi connectivity index (χ0) is 13.5. The molecule has 2 unspecified atom stereocenters. The summed E-state index contributed by atoms with van der Waals surface area (Å²) in [6, 6.07) is 5.51. The highest BCUT2D eigenvalue weighted by Gasteiger charge is 2.16. The lowest BCUT2D eigenvalue weighted by atomic mass is 10.0. The van der Waals surface area contributed by atoms with E-state index in [1.807, 2.05) is 11.3 Å². The number of likely N-dealkylation sites (N-methyl/N-ethyl adjacent to an activating group) is 1. The van der Waals surface area contributed by atoms with Gasteiger partial charge in [0.15, 0.2) is 0 Å². The second-order valence-corrected chi connectivity index (χ2v) is 6.61. The van der Waals surface area contributed by atoms with E-state index in [1.165, 1.54) is 11.3 Å². The van der Waals surface area contributed by atoms with Crippen molar-refractivity contribution in [1.29, 1.82) is 0 Å². The first kappa shape index (κ1) is 15.7. The van der Waals surface area contributed by atoms with Crippen molar-refractivity contribution in [2.24, 2.45) is 5.92 Å². The van der Waals surface area contributed by atoms with E-state index < -0.39 is 0 Å². The van der Waals surface area contributed by atoms with Gasteiger partial charge in [-0.1, -0.05) is 26.8 Å². The molecular weight excluding hydrogens is 240 g/mol. The van der Waals surface area contributed by atoms with Gasteiger partial charge in [0, 0.05) is 23.5 Å². The number of nitrogens with one attached hydrogen (secondary N) is 1. The summed E-state index contributed by atoms with van der Waals surface area (Å²) in [4.78, 5) is 3.80. The van der Waals surface area contributed by atoms with Crippen LogP contribution in [0, 0.1) is 5.92 Å². The van der Waals surface area contributed by atoms with E-state index in [9.17, 15) is 0 Å². The second kappa shape index (κ2) is 7.93. The number of thiophene rings is 1. The molecule has 1 aromatic heterocycles. The zero-order valence-electron chi connectivity index (χ0n) is 12.4. The molecule has 104 valence electrons. The van der Waals surface area contributed by atoms with E-state index in [-0.39, 0.29) is 0 Å². The maximum absolute atomic E-state index is 3.73. The summed E-state index contributed by atoms with van der Waals surface area (Å²) in [6.07, 6.45) is 2.41. The molecular formula is C15H28N2S. The summed E-state index contributed by atoms with van der Waals surface area (Å²) in [6.45, 7) is 7.92. The van der Waals surface area contributed by atoms with Crippen molar-refractivity contribution in [2.45, 2.75) is 45.7 Å². The van der Waals surface area contributed by atoms with Crippen molar-refractivity contribution >= 4 is 11.3 Å². The highest BCUT2D eigenvalue weighted by molar-refractivity contribution is 7.10. The maximum atomic E-state index is 3.73. The van der Waals surface area contributed by atoms with E-state index in [0.29, 0.717) is 12.1 Å². The highest BCUT2D eigenvalue weighted by atomic mass is 32.1. The number of hydrogen-bond acceptors (Lipinski definition) is 3. The Morgan fingerprint density at radius 1 is 1.33 bits per heavy atom. The van der Waals surface area contributed by atoms with Crippen LogP contribution < -0.4 is 5.32 Å². The van der Waals surface area contributed by atoms with Crippen molar-refractivity contribution in [3.63, 3.8) is 0 Å². The average Bonchev–Trinajstić information content (AvgIpc) is 2.81. The molecule has 0 radical (unpaired) electrons. The van der Waals surface area contributed by atoms with E-state index in [2.05, 4.69) is 62.6 Å². The first-order chi connectivity index (χ1) is 8.54. The molecule has 1 rings (SSSR count). The van der Waals surface area contributed by atoms with Gasteiger partial charge in [-0.15, -0.1) is 11.3 Å². The lowest BCUT2D eigenvalue weighted by Gasteiger charge is -2.28. The molecule has 0 saturated carbocycles. The second-order valence-electron chi connectivity index (χ2n) is 5.63. The van der Waals surface area contributed by atoms with Crippen LogP contribution in [0.4, 0.5) is 0 Å². The van der Waals surface area contributed by atoms with Crippen LogP contribution in [-0.4, -0.2) is 31.6 Å². The van der Waals surface area contributed by atoms with Gasteiger partial charge in [-0.05, 0) is 44.3 Å². The van der Waals surface area contributed by atoms with E-state index in [1.54, 1.807) is 0 Å². The minimum Gasteiger partial charge on any atom is -0.308 e. The molecule has 1 heterocycles. The van der Waals surface area contributed by atoms with Gasteiger partial charge >= 0.3 is 0 Å². The summed E-state index contributed by atoms with van der Waals surface area (Å²) in [7, 11) is 4.36. The molecule has 0 bridgehead atoms. The third-order valence-electron chi connectivity index (χ3n) is 3.37. The summed E-state index contributed by atoms with van der Waals surface area (Å²) >= 11 is 1.85. The molecule has 18 heavy (non-hydrogen) atoms. The van der Waals surface area contributed by atoms with Gasteiger partial charge in [0.1, 0.15) is 0 Å². The Bertz CT molecular complexity index is 306. The van der Waals surface area contributed by atoms with Crippen LogP contribution in [0.3, 0.4) is 0 Å². The van der Waals surface area contributed by atoms with Gasteiger partial charge in [0.25, 0.3) is 0 Å². The van der Waals surface area contributed by atoms with Crippen molar-refractivity contribution in [3.8, 4) is 0 Å². The molecule has 0 amide bonds. The summed E-state index contributed by atoms with van der Waals surface area (Å²) < 4.78 is 0. The minimum absolute atomic E-state index is 0.514. The lowest BCUT2D eigenvalue weighted by molar-refractivity contribution is 0.240. The van der Waals surface area contributed by atoms with E-state index in [4.69, 9.17) is 0 Å². The minimum atomic E-state index is 0.514. The fourth-order valence-corrected chi connectivity index (χ4v) is 3.12. The molecule has 0 spiro atoms. The first-order valence-electron chi connectivity index (χ1n) is 6.97. The average molecular weight is 268 g/mol. The van der Waals surface area contributed by atoms with Crippen LogP contribution in [0.25, 0.3) is 0 Å². The van der Waals surface area contributed by atoms with Crippen molar-refractivity contribution in [1.82, 2.24) is 10.2 Å². The molecule has 1 aromatic rings. The Balaban J connectivity index is 2.49. The SMILES string of the molecule is CCC(NCC(CC(C)C)N(C)C)c1cccs1. The predicted molar refractivity (Wildman–Crippen MR) is 82.3 cm³/mol. The summed E-state index contributed by atoms with van der Waals surface area (Å²) in [5.74, 6) is 0.751. The van der Waals surface area contributed by atoms with Gasteiger partial charge in [0.2, 0.25) is 0 Å². The van der Waals surface area contributed by atoms with Crippen LogP contribution in [0.15, 0.2) is 17.5 Å². The fraction of sp³-hybridized carbons (Fsp3) is 0.733. The van der Waals surface area contributed by atoms with Crippen LogP contribution in [0.1, 0.15) is 44.5 Å². The van der Waals surface area contributed by atoms with Gasteiger partial charge in [0.05, 0.1) is 0 Å². The Kier molecular flexibility index (Phi) is 6.90. The molecule has 0 aliphatic rings.